The zero-order valence-electron chi connectivity index (χ0n) is 21.0. The monoisotopic (exact) mass is 511 g/mol. The molecule has 2 aromatic heterocycles. The molecule has 10 heteroatoms. The van der Waals surface area contributed by atoms with Crippen molar-refractivity contribution in [1.82, 2.24) is 14.5 Å². The third kappa shape index (κ3) is 4.36. The lowest BCUT2D eigenvalue weighted by Crippen LogP contribution is -2.40. The molecule has 0 aliphatic carbocycles. The van der Waals surface area contributed by atoms with Gasteiger partial charge in [0.2, 0.25) is 5.62 Å². The third-order valence-corrected chi connectivity index (χ3v) is 6.41. The van der Waals surface area contributed by atoms with Gasteiger partial charge in [0, 0.05) is 11.8 Å². The lowest BCUT2D eigenvalue weighted by atomic mass is 9.95. The molecule has 0 saturated carbocycles. The molecule has 192 valence electrons. The molecular weight excluding hydrogens is 486 g/mol. The van der Waals surface area contributed by atoms with Gasteiger partial charge in [0.05, 0.1) is 40.1 Å². The van der Waals surface area contributed by atoms with Gasteiger partial charge >= 0.3 is 5.97 Å². The van der Waals surface area contributed by atoms with Crippen LogP contribution in [0.3, 0.4) is 0 Å². The molecule has 0 fully saturated rings. The molecule has 1 unspecified atom stereocenters. The van der Waals surface area contributed by atoms with Crippen LogP contribution < -0.4 is 16.5 Å². The van der Waals surface area contributed by atoms with E-state index in [1.807, 2.05) is 31.2 Å². The van der Waals surface area contributed by atoms with Crippen molar-refractivity contribution in [2.75, 3.05) is 6.61 Å². The predicted molar refractivity (Wildman–Crippen MR) is 141 cm³/mol. The molecule has 4 aromatic rings. The normalized spacial score (nSPS) is 15.2. The standard InChI is InChI=1S/C28H25N5O5/c1-4-38-27(35)24-17(3)29-28-31-22(26(34)32(28)25(24)18-11-9-16(2)10-12-18)15-19-13-14-21(30-19)20-7-5-6-8-23(20)33(36)37/h5-15,25,30H,4H2,1-3H3,(H,29,31)/b22-15-. The summed E-state index contributed by atoms with van der Waals surface area (Å²) in [7, 11) is 0. The average Bonchev–Trinajstić information content (AvgIpc) is 3.48. The van der Waals surface area contributed by atoms with Crippen LogP contribution in [-0.4, -0.2) is 32.0 Å². The van der Waals surface area contributed by atoms with Crippen LogP contribution in [0.5, 0.6) is 0 Å². The number of benzene rings is 2. The molecular formula is C28H25N5O5. The zero-order chi connectivity index (χ0) is 27.0. The fourth-order valence-electron chi connectivity index (χ4n) is 4.63. The summed E-state index contributed by atoms with van der Waals surface area (Å²) >= 11 is 0. The SMILES string of the molecule is CCOC(=O)C1=C(C)N=c2[nH]/c(=C\c3ccc(-c4ccccc4[N+](=O)[O-])[nH]3)c(=O)n2C1c1ccc(C)cc1. The summed E-state index contributed by atoms with van der Waals surface area (Å²) in [5, 5.41) is 11.7. The minimum atomic E-state index is -0.723. The molecule has 0 radical (unpaired) electrons. The van der Waals surface area contributed by atoms with Crippen molar-refractivity contribution in [2.24, 2.45) is 4.99 Å². The van der Waals surface area contributed by atoms with Crippen molar-refractivity contribution >= 4 is 17.7 Å². The fourth-order valence-corrected chi connectivity index (χ4v) is 4.63. The summed E-state index contributed by atoms with van der Waals surface area (Å²) in [6.07, 6.45) is 1.62. The minimum Gasteiger partial charge on any atom is -0.463 e. The van der Waals surface area contributed by atoms with Crippen LogP contribution in [0.25, 0.3) is 17.3 Å². The van der Waals surface area contributed by atoms with Crippen molar-refractivity contribution < 1.29 is 14.5 Å². The summed E-state index contributed by atoms with van der Waals surface area (Å²) in [6.45, 7) is 5.60. The highest BCUT2D eigenvalue weighted by Crippen LogP contribution is 2.31. The number of nitro benzene ring substituents is 1. The Morgan fingerprint density at radius 2 is 1.84 bits per heavy atom. The Hall–Kier alpha value is -4.99. The molecule has 38 heavy (non-hydrogen) atoms. The average molecular weight is 512 g/mol. The van der Waals surface area contributed by atoms with Crippen molar-refractivity contribution in [2.45, 2.75) is 26.8 Å². The largest absolute Gasteiger partial charge is 0.463 e. The second-order valence-corrected chi connectivity index (χ2v) is 8.93. The van der Waals surface area contributed by atoms with Gasteiger partial charge in [0.25, 0.3) is 11.2 Å². The zero-order valence-corrected chi connectivity index (χ0v) is 21.0. The lowest BCUT2D eigenvalue weighted by molar-refractivity contribution is -0.384. The second kappa shape index (κ2) is 9.81. The first kappa shape index (κ1) is 24.7. The van der Waals surface area contributed by atoms with Gasteiger partial charge in [-0.3, -0.25) is 19.5 Å². The molecule has 0 spiro atoms. The summed E-state index contributed by atoms with van der Waals surface area (Å²) < 4.78 is 6.77. The number of fused-ring (bicyclic) bond motifs is 1. The Balaban J connectivity index is 1.64. The van der Waals surface area contributed by atoms with E-state index in [0.29, 0.717) is 33.8 Å². The van der Waals surface area contributed by atoms with Crippen LogP contribution >= 0.6 is 0 Å². The summed E-state index contributed by atoms with van der Waals surface area (Å²) in [5.41, 5.74) is 4.02. The maximum Gasteiger partial charge on any atom is 0.338 e. The van der Waals surface area contributed by atoms with Gasteiger partial charge in [0.15, 0.2) is 0 Å². The Bertz CT molecular complexity index is 1770. The van der Waals surface area contributed by atoms with Crippen LogP contribution in [0.1, 0.15) is 36.7 Å². The molecule has 5 rings (SSSR count). The number of aromatic amines is 2. The summed E-state index contributed by atoms with van der Waals surface area (Å²) in [6, 6.07) is 16.8. The second-order valence-electron chi connectivity index (χ2n) is 8.93. The lowest BCUT2D eigenvalue weighted by Gasteiger charge is -2.24. The number of carbonyl (C=O) groups is 1. The molecule has 10 nitrogen and oxygen atoms in total. The number of hydrogen-bond donors (Lipinski definition) is 2. The minimum absolute atomic E-state index is 0.0240. The number of aryl methyl sites for hydroxylation is 1. The van der Waals surface area contributed by atoms with Crippen molar-refractivity contribution in [3.8, 4) is 11.3 Å². The first-order valence-electron chi connectivity index (χ1n) is 12.1. The maximum atomic E-state index is 13.7. The van der Waals surface area contributed by atoms with Gasteiger partial charge in [-0.25, -0.2) is 9.79 Å². The number of H-pyrrole nitrogens is 2. The van der Waals surface area contributed by atoms with Crippen molar-refractivity contribution in [3.05, 3.63) is 120 Å². The molecule has 1 aliphatic rings. The number of ether oxygens (including phenoxy) is 1. The number of esters is 1. The van der Waals surface area contributed by atoms with Gasteiger partial charge in [-0.15, -0.1) is 0 Å². The number of imidazole rings is 1. The molecule has 2 aromatic carbocycles. The van der Waals surface area contributed by atoms with E-state index in [9.17, 15) is 19.7 Å². The Morgan fingerprint density at radius 1 is 1.11 bits per heavy atom. The van der Waals surface area contributed by atoms with Gasteiger partial charge in [-0.2, -0.15) is 0 Å². The summed E-state index contributed by atoms with van der Waals surface area (Å²) in [4.78, 5) is 48.4. The highest BCUT2D eigenvalue weighted by Gasteiger charge is 2.33. The van der Waals surface area contributed by atoms with E-state index in [2.05, 4.69) is 15.0 Å². The molecule has 0 bridgehead atoms. The Morgan fingerprint density at radius 3 is 2.55 bits per heavy atom. The van der Waals surface area contributed by atoms with E-state index in [-0.39, 0.29) is 23.2 Å². The van der Waals surface area contributed by atoms with Crippen LogP contribution in [0.15, 0.2) is 81.7 Å². The van der Waals surface area contributed by atoms with Gasteiger partial charge in [-0.1, -0.05) is 42.0 Å². The third-order valence-electron chi connectivity index (χ3n) is 6.41. The number of rotatable bonds is 6. The van der Waals surface area contributed by atoms with Gasteiger partial charge < -0.3 is 14.7 Å². The van der Waals surface area contributed by atoms with Crippen LogP contribution in [-0.2, 0) is 9.53 Å². The fraction of sp³-hybridized carbons (Fsp3) is 0.179. The number of aromatic nitrogens is 3. The number of nitro groups is 1. The van der Waals surface area contributed by atoms with Crippen LogP contribution in [0, 0.1) is 17.0 Å². The van der Waals surface area contributed by atoms with E-state index in [4.69, 9.17) is 4.74 Å². The van der Waals surface area contributed by atoms with Crippen LogP contribution in [0.2, 0.25) is 0 Å². The van der Waals surface area contributed by atoms with Gasteiger partial charge in [-0.05, 0) is 50.6 Å². The van der Waals surface area contributed by atoms with Crippen molar-refractivity contribution in [1.29, 1.82) is 0 Å². The van der Waals surface area contributed by atoms with Crippen LogP contribution in [0.4, 0.5) is 5.69 Å². The van der Waals surface area contributed by atoms with E-state index in [1.165, 1.54) is 10.6 Å². The highest BCUT2D eigenvalue weighted by atomic mass is 16.6. The number of para-hydroxylation sites is 1. The van der Waals surface area contributed by atoms with Crippen molar-refractivity contribution in [3.63, 3.8) is 0 Å². The van der Waals surface area contributed by atoms with Gasteiger partial charge in [0.1, 0.15) is 5.35 Å². The number of nitrogens with zero attached hydrogens (tertiary/aromatic N) is 3. The smallest absolute Gasteiger partial charge is 0.338 e. The first-order chi connectivity index (χ1) is 18.3. The molecule has 0 amide bonds. The van der Waals surface area contributed by atoms with E-state index in [0.717, 1.165) is 11.1 Å². The molecule has 3 heterocycles. The van der Waals surface area contributed by atoms with E-state index < -0.39 is 16.9 Å². The number of carbonyl (C=O) groups excluding carboxylic acids is 1. The summed E-state index contributed by atoms with van der Waals surface area (Å²) in [5.74, 6) is -0.526. The van der Waals surface area contributed by atoms with E-state index in [1.54, 1.807) is 50.3 Å². The maximum absolute atomic E-state index is 13.7. The Labute approximate surface area is 216 Å². The number of allylic oxidation sites excluding steroid dienone is 1. The van der Waals surface area contributed by atoms with E-state index >= 15 is 0 Å². The number of nitrogens with one attached hydrogen (secondary N) is 2. The predicted octanol–water partition coefficient (Wildman–Crippen LogP) is 3.28. The molecule has 2 N–H and O–H groups in total. The topological polar surface area (TPSA) is 135 Å². The molecule has 1 atom stereocenters. The molecule has 1 aliphatic heterocycles. The Kier molecular flexibility index (Phi) is 6.38. The highest BCUT2D eigenvalue weighted by molar-refractivity contribution is 5.91. The number of hydrogen-bond acceptors (Lipinski definition) is 6. The molecule has 0 saturated heterocycles. The first-order valence-corrected chi connectivity index (χ1v) is 12.1. The quantitative estimate of drug-likeness (QED) is 0.233.